The number of para-hydroxylation sites is 1. The number of rotatable bonds is 5. The van der Waals surface area contributed by atoms with E-state index in [1.807, 2.05) is 29.9 Å². The second kappa shape index (κ2) is 6.47. The molecule has 1 aromatic heterocycles. The number of hydrogen-bond donors (Lipinski definition) is 1. The van der Waals surface area contributed by atoms with Gasteiger partial charge in [-0.1, -0.05) is 30.3 Å². The van der Waals surface area contributed by atoms with Crippen molar-refractivity contribution in [2.75, 3.05) is 4.72 Å². The molecular weight excluding hydrogens is 330 g/mol. The quantitative estimate of drug-likeness (QED) is 0.770. The summed E-state index contributed by atoms with van der Waals surface area (Å²) < 4.78 is 29.5. The van der Waals surface area contributed by atoms with Gasteiger partial charge in [-0.15, -0.1) is 0 Å². The van der Waals surface area contributed by atoms with Crippen LogP contribution in [0.2, 0.25) is 0 Å². The molecule has 1 N–H and O–H groups in total. The molecule has 0 saturated heterocycles. The Bertz CT molecular complexity index is 906. The fourth-order valence-electron chi connectivity index (χ4n) is 1.99. The van der Waals surface area contributed by atoms with Gasteiger partial charge in [-0.3, -0.25) is 4.72 Å². The zero-order valence-corrected chi connectivity index (χ0v) is 14.0. The molecule has 0 radical (unpaired) electrons. The van der Waals surface area contributed by atoms with Crippen LogP contribution in [0.25, 0.3) is 0 Å². The molecule has 0 bridgehead atoms. The summed E-state index contributed by atoms with van der Waals surface area (Å²) in [6.07, 6.45) is 3.55. The minimum absolute atomic E-state index is 0.233. The van der Waals surface area contributed by atoms with Crippen LogP contribution in [0, 0.1) is 0 Å². The van der Waals surface area contributed by atoms with Crippen molar-refractivity contribution in [1.29, 1.82) is 0 Å². The van der Waals surface area contributed by atoms with Crippen molar-refractivity contribution in [2.24, 2.45) is 7.05 Å². The van der Waals surface area contributed by atoms with Crippen molar-refractivity contribution >= 4 is 27.5 Å². The highest BCUT2D eigenvalue weighted by molar-refractivity contribution is 7.99. The molecular formula is C16H15N3O2S2. The van der Waals surface area contributed by atoms with Gasteiger partial charge in [-0.25, -0.2) is 13.4 Å². The van der Waals surface area contributed by atoms with Crippen molar-refractivity contribution in [3.63, 3.8) is 0 Å². The lowest BCUT2D eigenvalue weighted by molar-refractivity contribution is 0.601. The summed E-state index contributed by atoms with van der Waals surface area (Å²) in [5.41, 5.74) is 0.532. The molecule has 3 rings (SSSR count). The molecule has 0 unspecified atom stereocenters. The maximum atomic E-state index is 12.5. The number of aromatic nitrogens is 2. The molecule has 0 amide bonds. The first-order valence-corrected chi connectivity index (χ1v) is 9.18. The van der Waals surface area contributed by atoms with Crippen LogP contribution in [0.3, 0.4) is 0 Å². The molecule has 1 heterocycles. The number of sulfonamides is 1. The third-order valence-electron chi connectivity index (χ3n) is 3.16. The average Bonchev–Trinajstić information content (AvgIpc) is 2.95. The molecule has 3 aromatic rings. The van der Waals surface area contributed by atoms with Gasteiger partial charge < -0.3 is 4.57 Å². The maximum absolute atomic E-state index is 12.5. The predicted octanol–water partition coefficient (Wildman–Crippen LogP) is 3.37. The maximum Gasteiger partial charge on any atom is 0.261 e. The van der Waals surface area contributed by atoms with E-state index in [0.29, 0.717) is 5.69 Å². The Morgan fingerprint density at radius 3 is 2.43 bits per heavy atom. The molecule has 0 atom stereocenters. The lowest BCUT2D eigenvalue weighted by atomic mass is 10.3. The van der Waals surface area contributed by atoms with E-state index in [1.165, 1.54) is 11.8 Å². The summed E-state index contributed by atoms with van der Waals surface area (Å²) >= 11 is 1.41. The molecule has 0 aliphatic heterocycles. The van der Waals surface area contributed by atoms with Gasteiger partial charge in [0.2, 0.25) is 0 Å². The van der Waals surface area contributed by atoms with Crippen LogP contribution in [0.1, 0.15) is 0 Å². The van der Waals surface area contributed by atoms with E-state index in [4.69, 9.17) is 0 Å². The van der Waals surface area contributed by atoms with E-state index in [-0.39, 0.29) is 4.90 Å². The largest absolute Gasteiger partial charge is 0.329 e. The zero-order valence-electron chi connectivity index (χ0n) is 12.4. The van der Waals surface area contributed by atoms with Gasteiger partial charge in [-0.05, 0) is 36.0 Å². The Hall–Kier alpha value is -2.25. The van der Waals surface area contributed by atoms with E-state index < -0.39 is 10.0 Å². The van der Waals surface area contributed by atoms with Gasteiger partial charge in [0.15, 0.2) is 5.16 Å². The van der Waals surface area contributed by atoms with E-state index in [0.717, 1.165) is 10.1 Å². The zero-order chi connectivity index (χ0) is 16.3. The van der Waals surface area contributed by atoms with Crippen LogP contribution < -0.4 is 4.72 Å². The topological polar surface area (TPSA) is 64.0 Å². The number of hydrogen-bond acceptors (Lipinski definition) is 4. The molecule has 5 nitrogen and oxygen atoms in total. The SMILES string of the molecule is Cn1ccnc1Sc1ccccc1NS(=O)(=O)c1ccccc1. The Kier molecular flexibility index (Phi) is 4.40. The summed E-state index contributed by atoms with van der Waals surface area (Å²) in [7, 11) is -1.72. The molecule has 118 valence electrons. The molecule has 23 heavy (non-hydrogen) atoms. The molecule has 0 spiro atoms. The summed E-state index contributed by atoms with van der Waals surface area (Å²) in [4.78, 5) is 5.28. The fourth-order valence-corrected chi connectivity index (χ4v) is 4.05. The Balaban J connectivity index is 1.91. The number of nitrogens with one attached hydrogen (secondary N) is 1. The first kappa shape index (κ1) is 15.6. The van der Waals surface area contributed by atoms with Crippen LogP contribution in [0.5, 0.6) is 0 Å². The van der Waals surface area contributed by atoms with E-state index in [1.54, 1.807) is 48.7 Å². The first-order chi connectivity index (χ1) is 11.1. The lowest BCUT2D eigenvalue weighted by Gasteiger charge is -2.12. The molecule has 0 aliphatic rings. The lowest BCUT2D eigenvalue weighted by Crippen LogP contribution is -2.13. The van der Waals surface area contributed by atoms with Crippen LogP contribution in [0.15, 0.2) is 81.9 Å². The van der Waals surface area contributed by atoms with E-state index >= 15 is 0 Å². The number of nitrogens with zero attached hydrogens (tertiary/aromatic N) is 2. The minimum atomic E-state index is -3.62. The summed E-state index contributed by atoms with van der Waals surface area (Å²) in [6, 6.07) is 15.6. The number of aryl methyl sites for hydroxylation is 1. The minimum Gasteiger partial charge on any atom is -0.329 e. The number of anilines is 1. The predicted molar refractivity (Wildman–Crippen MR) is 91.0 cm³/mol. The monoisotopic (exact) mass is 345 g/mol. The summed E-state index contributed by atoms with van der Waals surface area (Å²) in [5, 5.41) is 0.788. The second-order valence-electron chi connectivity index (χ2n) is 4.84. The van der Waals surface area contributed by atoms with Gasteiger partial charge >= 0.3 is 0 Å². The van der Waals surface area contributed by atoms with Crippen LogP contribution in [0.4, 0.5) is 5.69 Å². The first-order valence-electron chi connectivity index (χ1n) is 6.88. The van der Waals surface area contributed by atoms with Crippen molar-refractivity contribution in [3.05, 3.63) is 67.0 Å². The molecule has 0 fully saturated rings. The van der Waals surface area contributed by atoms with E-state index in [2.05, 4.69) is 9.71 Å². The van der Waals surface area contributed by atoms with Crippen LogP contribution >= 0.6 is 11.8 Å². The standard InChI is InChI=1S/C16H15N3O2S2/c1-19-12-11-17-16(19)22-15-10-6-5-9-14(15)18-23(20,21)13-7-3-2-4-8-13/h2-12,18H,1H3. The molecule has 0 aliphatic carbocycles. The third-order valence-corrected chi connectivity index (χ3v) is 5.70. The third kappa shape index (κ3) is 3.57. The van der Waals surface area contributed by atoms with Crippen LogP contribution in [-0.4, -0.2) is 18.0 Å². The van der Waals surface area contributed by atoms with Crippen LogP contribution in [-0.2, 0) is 17.1 Å². The Morgan fingerprint density at radius 2 is 1.74 bits per heavy atom. The van der Waals surface area contributed by atoms with Gasteiger partial charge in [0.1, 0.15) is 0 Å². The molecule has 7 heteroatoms. The Morgan fingerprint density at radius 1 is 1.04 bits per heavy atom. The number of benzene rings is 2. The molecule has 0 saturated carbocycles. The van der Waals surface area contributed by atoms with Gasteiger partial charge in [0.05, 0.1) is 10.6 Å². The fraction of sp³-hybridized carbons (Fsp3) is 0.0625. The highest BCUT2D eigenvalue weighted by atomic mass is 32.2. The van der Waals surface area contributed by atoms with Gasteiger partial charge in [0, 0.05) is 24.3 Å². The van der Waals surface area contributed by atoms with E-state index in [9.17, 15) is 8.42 Å². The average molecular weight is 345 g/mol. The van der Waals surface area contributed by atoms with Crippen molar-refractivity contribution in [1.82, 2.24) is 9.55 Å². The summed E-state index contributed by atoms with van der Waals surface area (Å²) in [6.45, 7) is 0. The molecule has 2 aromatic carbocycles. The Labute approximate surface area is 139 Å². The normalized spacial score (nSPS) is 11.3. The summed E-state index contributed by atoms with van der Waals surface area (Å²) in [5.74, 6) is 0. The number of imidazole rings is 1. The highest BCUT2D eigenvalue weighted by Crippen LogP contribution is 2.33. The van der Waals surface area contributed by atoms with Crippen molar-refractivity contribution in [2.45, 2.75) is 14.9 Å². The van der Waals surface area contributed by atoms with Crippen molar-refractivity contribution < 1.29 is 8.42 Å². The smallest absolute Gasteiger partial charge is 0.261 e. The van der Waals surface area contributed by atoms with Gasteiger partial charge in [0.25, 0.3) is 10.0 Å². The second-order valence-corrected chi connectivity index (χ2v) is 7.53. The van der Waals surface area contributed by atoms with Gasteiger partial charge in [-0.2, -0.15) is 0 Å². The van der Waals surface area contributed by atoms with Crippen molar-refractivity contribution in [3.8, 4) is 0 Å². The highest BCUT2D eigenvalue weighted by Gasteiger charge is 2.16.